The van der Waals surface area contributed by atoms with E-state index in [2.05, 4.69) is 0 Å². The lowest BCUT2D eigenvalue weighted by atomic mass is 10.2. The molecule has 1 fully saturated rings. The fourth-order valence-corrected chi connectivity index (χ4v) is 4.90. The molecule has 0 saturated carbocycles. The number of aryl methyl sites for hydroxylation is 2. The molecule has 1 aliphatic heterocycles. The molecular weight excluding hydrogens is 464 g/mol. The molecule has 4 nitrogen and oxygen atoms in total. The standard InChI is InChI=1S/C31H26N2O2S/c1-22-8-6-12-26(18-22)32-31-33(27-13-7-9-23(2)19-27)30(34)29(36-31)20-24-14-16-28(17-15-24)35-21-25-10-4-3-5-11-25/h3-20H,21H2,1-2H3/b29-20-,32-31?. The highest BCUT2D eigenvalue weighted by atomic mass is 32.2. The molecule has 36 heavy (non-hydrogen) atoms. The van der Waals surface area contributed by atoms with E-state index >= 15 is 0 Å². The van der Waals surface area contributed by atoms with Crippen LogP contribution >= 0.6 is 11.8 Å². The van der Waals surface area contributed by atoms with Gasteiger partial charge in [-0.25, -0.2) is 4.99 Å². The minimum atomic E-state index is -0.0820. The second kappa shape index (κ2) is 10.7. The molecule has 1 saturated heterocycles. The summed E-state index contributed by atoms with van der Waals surface area (Å²) in [5.74, 6) is 0.705. The van der Waals surface area contributed by atoms with Gasteiger partial charge in [0.25, 0.3) is 5.91 Å². The largest absolute Gasteiger partial charge is 0.489 e. The van der Waals surface area contributed by atoms with Crippen molar-refractivity contribution in [3.8, 4) is 5.75 Å². The molecule has 0 atom stereocenters. The van der Waals surface area contributed by atoms with Crippen LogP contribution in [0.15, 0.2) is 113 Å². The number of thioether (sulfide) groups is 1. The number of anilines is 1. The van der Waals surface area contributed by atoms with Gasteiger partial charge >= 0.3 is 0 Å². The molecule has 4 aromatic carbocycles. The third-order valence-corrected chi connectivity index (χ3v) is 6.69. The van der Waals surface area contributed by atoms with E-state index in [1.807, 2.05) is 123 Å². The zero-order chi connectivity index (χ0) is 24.9. The monoisotopic (exact) mass is 490 g/mol. The van der Waals surface area contributed by atoms with E-state index in [0.717, 1.165) is 39.4 Å². The van der Waals surface area contributed by atoms with Gasteiger partial charge in [-0.15, -0.1) is 0 Å². The van der Waals surface area contributed by atoms with E-state index in [9.17, 15) is 4.79 Å². The maximum atomic E-state index is 13.5. The molecule has 0 bridgehead atoms. The van der Waals surface area contributed by atoms with Crippen molar-refractivity contribution in [2.45, 2.75) is 20.5 Å². The number of nitrogens with zero attached hydrogens (tertiary/aromatic N) is 2. The lowest BCUT2D eigenvalue weighted by molar-refractivity contribution is -0.113. The van der Waals surface area contributed by atoms with Crippen LogP contribution in [0.3, 0.4) is 0 Å². The minimum absolute atomic E-state index is 0.0820. The lowest BCUT2D eigenvalue weighted by Gasteiger charge is -2.16. The van der Waals surface area contributed by atoms with Crippen molar-refractivity contribution in [2.24, 2.45) is 4.99 Å². The predicted octanol–water partition coefficient (Wildman–Crippen LogP) is 7.69. The lowest BCUT2D eigenvalue weighted by Crippen LogP contribution is -2.28. The Morgan fingerprint density at radius 1 is 0.833 bits per heavy atom. The van der Waals surface area contributed by atoms with Crippen molar-refractivity contribution >= 4 is 40.3 Å². The number of rotatable bonds is 6. The average molecular weight is 491 g/mol. The zero-order valence-corrected chi connectivity index (χ0v) is 21.0. The van der Waals surface area contributed by atoms with Crippen molar-refractivity contribution in [3.63, 3.8) is 0 Å². The SMILES string of the molecule is Cc1cccc(N=C2S/C(=C\c3ccc(OCc4ccccc4)cc3)C(=O)N2c2cccc(C)c2)c1. The number of ether oxygens (including phenoxy) is 1. The third-order valence-electron chi connectivity index (χ3n) is 5.72. The number of carbonyl (C=O) groups is 1. The normalized spacial score (nSPS) is 15.6. The smallest absolute Gasteiger partial charge is 0.271 e. The molecule has 0 aromatic heterocycles. The van der Waals surface area contributed by atoms with E-state index in [-0.39, 0.29) is 5.91 Å². The third kappa shape index (κ3) is 5.58. The highest BCUT2D eigenvalue weighted by Crippen LogP contribution is 2.37. The Balaban J connectivity index is 1.41. The number of amidine groups is 1. The number of hydrogen-bond acceptors (Lipinski definition) is 4. The minimum Gasteiger partial charge on any atom is -0.489 e. The maximum absolute atomic E-state index is 13.5. The van der Waals surface area contributed by atoms with Crippen LogP contribution in [0.1, 0.15) is 22.3 Å². The first-order valence-corrected chi connectivity index (χ1v) is 12.6. The van der Waals surface area contributed by atoms with Crippen LogP contribution in [0.4, 0.5) is 11.4 Å². The molecule has 0 N–H and O–H groups in total. The van der Waals surface area contributed by atoms with Crippen molar-refractivity contribution in [1.29, 1.82) is 0 Å². The van der Waals surface area contributed by atoms with Gasteiger partial charge in [0, 0.05) is 0 Å². The maximum Gasteiger partial charge on any atom is 0.271 e. The first kappa shape index (κ1) is 23.6. The van der Waals surface area contributed by atoms with E-state index in [1.54, 1.807) is 4.90 Å². The van der Waals surface area contributed by atoms with Gasteiger partial charge in [-0.1, -0.05) is 66.7 Å². The van der Waals surface area contributed by atoms with E-state index < -0.39 is 0 Å². The van der Waals surface area contributed by atoms with Crippen molar-refractivity contribution in [2.75, 3.05) is 4.90 Å². The van der Waals surface area contributed by atoms with E-state index in [1.165, 1.54) is 11.8 Å². The average Bonchev–Trinajstić information content (AvgIpc) is 3.18. The number of carbonyl (C=O) groups excluding carboxylic acids is 1. The molecule has 0 unspecified atom stereocenters. The molecule has 1 heterocycles. The summed E-state index contributed by atoms with van der Waals surface area (Å²) in [6.07, 6.45) is 1.91. The topological polar surface area (TPSA) is 41.9 Å². The van der Waals surface area contributed by atoms with Gasteiger partial charge < -0.3 is 4.74 Å². The molecular formula is C31H26N2O2S. The van der Waals surface area contributed by atoms with Gasteiger partial charge in [-0.05, 0) is 90.3 Å². The van der Waals surface area contributed by atoms with Crippen LogP contribution in [0.25, 0.3) is 6.08 Å². The summed E-state index contributed by atoms with van der Waals surface area (Å²) in [4.78, 5) is 20.7. The highest BCUT2D eigenvalue weighted by Gasteiger charge is 2.34. The fourth-order valence-electron chi connectivity index (χ4n) is 3.90. The first-order chi connectivity index (χ1) is 17.5. The summed E-state index contributed by atoms with van der Waals surface area (Å²) in [5, 5.41) is 0.644. The van der Waals surface area contributed by atoms with Gasteiger partial charge in [0.15, 0.2) is 5.17 Å². The summed E-state index contributed by atoms with van der Waals surface area (Å²) in [7, 11) is 0. The van der Waals surface area contributed by atoms with E-state index in [4.69, 9.17) is 9.73 Å². The predicted molar refractivity (Wildman–Crippen MR) is 150 cm³/mol. The van der Waals surface area contributed by atoms with Crippen LogP contribution in [0.5, 0.6) is 5.75 Å². The Morgan fingerprint density at radius 2 is 1.56 bits per heavy atom. The Hall–Kier alpha value is -4.09. The first-order valence-electron chi connectivity index (χ1n) is 11.8. The number of aliphatic imine (C=N–C) groups is 1. The summed E-state index contributed by atoms with van der Waals surface area (Å²) in [6.45, 7) is 4.57. The Labute approximate surface area is 216 Å². The second-order valence-corrected chi connectivity index (χ2v) is 9.68. The van der Waals surface area contributed by atoms with Crippen molar-refractivity contribution in [1.82, 2.24) is 0 Å². The van der Waals surface area contributed by atoms with Gasteiger partial charge in [-0.2, -0.15) is 0 Å². The summed E-state index contributed by atoms with van der Waals surface area (Å²) in [6, 6.07) is 33.8. The van der Waals surface area contributed by atoms with Crippen LogP contribution in [0, 0.1) is 13.8 Å². The van der Waals surface area contributed by atoms with Crippen LogP contribution < -0.4 is 9.64 Å². The Kier molecular flexibility index (Phi) is 7.01. The Morgan fingerprint density at radius 3 is 2.28 bits per heavy atom. The number of amides is 1. The van der Waals surface area contributed by atoms with E-state index in [0.29, 0.717) is 16.7 Å². The van der Waals surface area contributed by atoms with Crippen molar-refractivity contribution < 1.29 is 9.53 Å². The van der Waals surface area contributed by atoms with Crippen LogP contribution in [-0.2, 0) is 11.4 Å². The molecule has 1 aliphatic rings. The second-order valence-electron chi connectivity index (χ2n) is 8.67. The molecule has 0 aliphatic carbocycles. The van der Waals surface area contributed by atoms with Gasteiger partial charge in [-0.3, -0.25) is 9.69 Å². The van der Waals surface area contributed by atoms with Gasteiger partial charge in [0.2, 0.25) is 0 Å². The number of hydrogen-bond donors (Lipinski definition) is 0. The zero-order valence-electron chi connectivity index (χ0n) is 20.2. The van der Waals surface area contributed by atoms with Crippen LogP contribution in [0.2, 0.25) is 0 Å². The van der Waals surface area contributed by atoms with Crippen molar-refractivity contribution in [3.05, 3.63) is 130 Å². The fraction of sp³-hybridized carbons (Fsp3) is 0.0968. The Bertz CT molecular complexity index is 1440. The van der Waals surface area contributed by atoms with Gasteiger partial charge in [0.1, 0.15) is 12.4 Å². The quantitative estimate of drug-likeness (QED) is 0.260. The summed E-state index contributed by atoms with van der Waals surface area (Å²) < 4.78 is 5.90. The highest BCUT2D eigenvalue weighted by molar-refractivity contribution is 8.19. The number of benzene rings is 4. The van der Waals surface area contributed by atoms with Gasteiger partial charge in [0.05, 0.1) is 16.3 Å². The molecule has 178 valence electrons. The molecule has 0 radical (unpaired) electrons. The van der Waals surface area contributed by atoms with Crippen LogP contribution in [-0.4, -0.2) is 11.1 Å². The molecule has 4 aromatic rings. The molecule has 5 rings (SSSR count). The molecule has 0 spiro atoms. The summed E-state index contributed by atoms with van der Waals surface area (Å²) >= 11 is 1.39. The molecule has 5 heteroatoms. The molecule has 1 amide bonds. The summed E-state index contributed by atoms with van der Waals surface area (Å²) in [5.41, 5.74) is 5.89.